The highest BCUT2D eigenvalue weighted by Crippen LogP contribution is 2.39. The van der Waals surface area contributed by atoms with Crippen LogP contribution in [0.3, 0.4) is 0 Å². The third-order valence-corrected chi connectivity index (χ3v) is 7.05. The number of hydrogen-bond donors (Lipinski definition) is 1. The van der Waals surface area contributed by atoms with Crippen molar-refractivity contribution in [1.82, 2.24) is 20.2 Å². The van der Waals surface area contributed by atoms with Crippen LogP contribution in [0.2, 0.25) is 0 Å². The zero-order chi connectivity index (χ0) is 19.0. The fraction of sp³-hybridized carbons (Fsp3) is 0.591. The summed E-state index contributed by atoms with van der Waals surface area (Å²) in [7, 11) is 0. The monoisotopic (exact) mass is 376 g/mol. The predicted octanol–water partition coefficient (Wildman–Crippen LogP) is 2.40. The molecule has 28 heavy (non-hydrogen) atoms. The van der Waals surface area contributed by atoms with Gasteiger partial charge in [-0.3, -0.25) is 9.97 Å². The second-order valence-electron chi connectivity index (χ2n) is 8.83. The lowest BCUT2D eigenvalue weighted by Gasteiger charge is -2.34. The fourth-order valence-electron chi connectivity index (χ4n) is 5.50. The summed E-state index contributed by atoms with van der Waals surface area (Å²) in [5.41, 5.74) is 3.89. The molecule has 146 valence electrons. The number of rotatable bonds is 3. The predicted molar refractivity (Wildman–Crippen MR) is 110 cm³/mol. The molecule has 6 heteroatoms. The summed E-state index contributed by atoms with van der Waals surface area (Å²) >= 11 is 0. The van der Waals surface area contributed by atoms with E-state index in [2.05, 4.69) is 37.2 Å². The van der Waals surface area contributed by atoms with Crippen molar-refractivity contribution in [1.29, 1.82) is 5.26 Å². The molecule has 2 aromatic rings. The molecule has 1 atom stereocenters. The molecule has 0 aliphatic carbocycles. The Bertz CT molecular complexity index is 898. The molecule has 1 aromatic heterocycles. The van der Waals surface area contributed by atoms with E-state index < -0.39 is 0 Å². The van der Waals surface area contributed by atoms with E-state index in [4.69, 9.17) is 0 Å². The van der Waals surface area contributed by atoms with E-state index in [-0.39, 0.29) is 0 Å². The molecule has 1 unspecified atom stereocenters. The van der Waals surface area contributed by atoms with Crippen LogP contribution < -0.4 is 10.2 Å². The first-order valence-corrected chi connectivity index (χ1v) is 10.6. The lowest BCUT2D eigenvalue weighted by atomic mass is 9.78. The van der Waals surface area contributed by atoms with Gasteiger partial charge >= 0.3 is 0 Å². The van der Waals surface area contributed by atoms with E-state index in [1.165, 1.54) is 58.4 Å². The Balaban J connectivity index is 1.27. The number of nitrogens with one attached hydrogen (secondary N) is 1. The van der Waals surface area contributed by atoms with E-state index in [1.807, 2.05) is 6.07 Å². The number of piperidine rings is 1. The Hall–Kier alpha value is -2.23. The molecule has 3 aliphatic heterocycles. The van der Waals surface area contributed by atoms with Gasteiger partial charge in [0.1, 0.15) is 17.1 Å². The minimum atomic E-state index is 0.586. The summed E-state index contributed by atoms with van der Waals surface area (Å²) in [5.74, 6) is 0.708. The van der Waals surface area contributed by atoms with Gasteiger partial charge in [-0.2, -0.15) is 5.26 Å². The molecule has 3 aliphatic rings. The number of fused-ring (bicyclic) bond motifs is 1. The van der Waals surface area contributed by atoms with Crippen LogP contribution in [0.5, 0.6) is 0 Å². The SMILES string of the molecule is N#Cc1ccc(N2CCC(CN3CCC4(CCNCC4)C3)C2)c2nccnc12. The van der Waals surface area contributed by atoms with Crippen LogP contribution >= 0.6 is 0 Å². The first-order chi connectivity index (χ1) is 13.8. The van der Waals surface area contributed by atoms with Gasteiger partial charge in [-0.25, -0.2) is 0 Å². The maximum atomic E-state index is 9.36. The van der Waals surface area contributed by atoms with E-state index in [0.29, 0.717) is 16.9 Å². The molecule has 0 amide bonds. The fourth-order valence-corrected chi connectivity index (χ4v) is 5.50. The number of nitriles is 1. The zero-order valence-corrected chi connectivity index (χ0v) is 16.4. The summed E-state index contributed by atoms with van der Waals surface area (Å²) in [5, 5.41) is 12.9. The molecule has 4 heterocycles. The van der Waals surface area contributed by atoms with Gasteiger partial charge in [0.15, 0.2) is 0 Å². The van der Waals surface area contributed by atoms with Gasteiger partial charge in [0.05, 0.1) is 11.3 Å². The quantitative estimate of drug-likeness (QED) is 0.887. The molecule has 3 fully saturated rings. The highest BCUT2D eigenvalue weighted by molar-refractivity contribution is 5.92. The van der Waals surface area contributed by atoms with Gasteiger partial charge in [-0.05, 0) is 68.8 Å². The molecule has 1 spiro atoms. The summed E-state index contributed by atoms with van der Waals surface area (Å²) in [4.78, 5) is 14.1. The van der Waals surface area contributed by atoms with Crippen molar-refractivity contribution >= 4 is 16.7 Å². The minimum Gasteiger partial charge on any atom is -0.369 e. The van der Waals surface area contributed by atoms with Crippen LogP contribution in [-0.2, 0) is 0 Å². The smallest absolute Gasteiger partial charge is 0.113 e. The molecule has 3 saturated heterocycles. The average molecular weight is 377 g/mol. The summed E-state index contributed by atoms with van der Waals surface area (Å²) in [6.07, 6.45) is 8.69. The number of likely N-dealkylation sites (tertiary alicyclic amines) is 1. The van der Waals surface area contributed by atoms with E-state index >= 15 is 0 Å². The summed E-state index contributed by atoms with van der Waals surface area (Å²) in [6.45, 7) is 8.28. The molecule has 0 saturated carbocycles. The van der Waals surface area contributed by atoms with Crippen molar-refractivity contribution in [3.63, 3.8) is 0 Å². The largest absolute Gasteiger partial charge is 0.369 e. The van der Waals surface area contributed by atoms with Gasteiger partial charge in [0.25, 0.3) is 0 Å². The van der Waals surface area contributed by atoms with Gasteiger partial charge < -0.3 is 15.1 Å². The van der Waals surface area contributed by atoms with Gasteiger partial charge in [-0.1, -0.05) is 0 Å². The Morgan fingerprint density at radius 2 is 1.93 bits per heavy atom. The lowest BCUT2D eigenvalue weighted by Crippen LogP contribution is -2.39. The Morgan fingerprint density at radius 3 is 2.75 bits per heavy atom. The molecule has 0 bridgehead atoms. The second kappa shape index (κ2) is 7.31. The van der Waals surface area contributed by atoms with Crippen molar-refractivity contribution in [2.75, 3.05) is 50.7 Å². The minimum absolute atomic E-state index is 0.586. The molecule has 0 radical (unpaired) electrons. The van der Waals surface area contributed by atoms with Crippen molar-refractivity contribution in [3.8, 4) is 6.07 Å². The third-order valence-electron chi connectivity index (χ3n) is 7.05. The average Bonchev–Trinajstić information content (AvgIpc) is 3.35. The number of nitrogens with zero attached hydrogens (tertiary/aromatic N) is 5. The topological polar surface area (TPSA) is 68.1 Å². The van der Waals surface area contributed by atoms with Gasteiger partial charge in [0, 0.05) is 38.6 Å². The van der Waals surface area contributed by atoms with Crippen LogP contribution in [0.25, 0.3) is 11.0 Å². The van der Waals surface area contributed by atoms with E-state index in [9.17, 15) is 5.26 Å². The lowest BCUT2D eigenvalue weighted by molar-refractivity contribution is 0.187. The summed E-state index contributed by atoms with van der Waals surface area (Å²) < 4.78 is 0. The second-order valence-corrected chi connectivity index (χ2v) is 8.83. The molecular formula is C22H28N6. The standard InChI is InChI=1S/C22H28N6/c23-13-18-1-2-19(21-20(18)25-9-10-26-21)28-11-3-17(15-28)14-27-12-6-22(16-27)4-7-24-8-5-22/h1-2,9-10,17,24H,3-8,11-12,14-16H2. The number of hydrogen-bond acceptors (Lipinski definition) is 6. The van der Waals surface area contributed by atoms with Gasteiger partial charge in [0.2, 0.25) is 0 Å². The zero-order valence-electron chi connectivity index (χ0n) is 16.4. The maximum absolute atomic E-state index is 9.36. The molecule has 5 rings (SSSR count). The summed E-state index contributed by atoms with van der Waals surface area (Å²) in [6, 6.07) is 6.18. The maximum Gasteiger partial charge on any atom is 0.113 e. The molecule has 1 N–H and O–H groups in total. The third kappa shape index (κ3) is 3.23. The molecule has 1 aromatic carbocycles. The Kier molecular flexibility index (Phi) is 4.65. The van der Waals surface area contributed by atoms with Gasteiger partial charge in [-0.15, -0.1) is 0 Å². The van der Waals surface area contributed by atoms with E-state index in [0.717, 1.165) is 29.8 Å². The van der Waals surface area contributed by atoms with Crippen molar-refractivity contribution in [2.45, 2.75) is 25.7 Å². The van der Waals surface area contributed by atoms with Crippen molar-refractivity contribution in [3.05, 3.63) is 30.1 Å². The van der Waals surface area contributed by atoms with Crippen molar-refractivity contribution < 1.29 is 0 Å². The Labute approximate surface area is 166 Å². The number of benzene rings is 1. The van der Waals surface area contributed by atoms with Crippen LogP contribution in [0, 0.1) is 22.7 Å². The highest BCUT2D eigenvalue weighted by Gasteiger charge is 2.39. The number of anilines is 1. The van der Waals surface area contributed by atoms with Crippen LogP contribution in [0.1, 0.15) is 31.2 Å². The van der Waals surface area contributed by atoms with Crippen molar-refractivity contribution in [2.24, 2.45) is 11.3 Å². The van der Waals surface area contributed by atoms with E-state index in [1.54, 1.807) is 12.4 Å². The van der Waals surface area contributed by atoms with Crippen LogP contribution in [0.15, 0.2) is 24.5 Å². The van der Waals surface area contributed by atoms with Crippen LogP contribution in [0.4, 0.5) is 5.69 Å². The Morgan fingerprint density at radius 1 is 1.11 bits per heavy atom. The van der Waals surface area contributed by atoms with Crippen LogP contribution in [-0.4, -0.2) is 60.7 Å². The normalized spacial score (nSPS) is 24.8. The molecule has 6 nitrogen and oxygen atoms in total. The highest BCUT2D eigenvalue weighted by atomic mass is 15.2. The first kappa shape index (κ1) is 17.8. The first-order valence-electron chi connectivity index (χ1n) is 10.6. The number of aromatic nitrogens is 2. The molecular weight excluding hydrogens is 348 g/mol.